The molecule has 1 saturated heterocycles. The number of hydrogen-bond donors (Lipinski definition) is 0. The molecule has 4 rings (SSSR count). The molecule has 6 heteroatoms. The zero-order valence-corrected chi connectivity index (χ0v) is 18.1. The van der Waals surface area contributed by atoms with Crippen molar-refractivity contribution in [1.82, 2.24) is 14.7 Å². The number of carbonyl (C=O) groups is 1. The van der Waals surface area contributed by atoms with Gasteiger partial charge in [-0.1, -0.05) is 30.3 Å². The van der Waals surface area contributed by atoms with E-state index in [2.05, 4.69) is 53.2 Å². The first kappa shape index (κ1) is 20.7. The van der Waals surface area contributed by atoms with Crippen molar-refractivity contribution in [3.05, 3.63) is 59.2 Å². The van der Waals surface area contributed by atoms with E-state index in [0.717, 1.165) is 50.6 Å². The van der Waals surface area contributed by atoms with Gasteiger partial charge in [0.15, 0.2) is 11.5 Å². The molecule has 0 radical (unpaired) electrons. The minimum atomic E-state index is 0.0196. The minimum absolute atomic E-state index is 0.0196. The van der Waals surface area contributed by atoms with Crippen LogP contribution in [0.1, 0.15) is 22.7 Å². The molecular formula is C24H31N3O3. The van der Waals surface area contributed by atoms with Crippen molar-refractivity contribution >= 4 is 5.91 Å². The quantitative estimate of drug-likeness (QED) is 0.759. The van der Waals surface area contributed by atoms with E-state index in [0.29, 0.717) is 6.54 Å². The smallest absolute Gasteiger partial charge is 0.236 e. The zero-order valence-electron chi connectivity index (χ0n) is 18.1. The fourth-order valence-electron chi connectivity index (χ4n) is 4.52. The molecule has 2 aromatic carbocycles. The van der Waals surface area contributed by atoms with Crippen LogP contribution in [-0.4, -0.2) is 81.1 Å². The predicted octanol–water partition coefficient (Wildman–Crippen LogP) is 2.43. The lowest BCUT2D eigenvalue weighted by Gasteiger charge is -2.39. The molecule has 0 aliphatic carbocycles. The van der Waals surface area contributed by atoms with Crippen LogP contribution in [0.15, 0.2) is 42.5 Å². The van der Waals surface area contributed by atoms with Crippen molar-refractivity contribution in [3.8, 4) is 11.5 Å². The van der Waals surface area contributed by atoms with Gasteiger partial charge in [0, 0.05) is 32.7 Å². The third kappa shape index (κ3) is 4.16. The average Bonchev–Trinajstić information content (AvgIpc) is 2.79. The molecule has 0 N–H and O–H groups in total. The highest BCUT2D eigenvalue weighted by atomic mass is 16.5. The van der Waals surface area contributed by atoms with Gasteiger partial charge in [-0.25, -0.2) is 0 Å². The third-order valence-electron chi connectivity index (χ3n) is 6.28. The molecule has 0 bridgehead atoms. The molecule has 1 atom stereocenters. The number of rotatable bonds is 5. The van der Waals surface area contributed by atoms with E-state index in [1.165, 1.54) is 16.7 Å². The minimum Gasteiger partial charge on any atom is -0.493 e. The molecule has 160 valence electrons. The maximum absolute atomic E-state index is 13.1. The molecule has 2 aliphatic rings. The van der Waals surface area contributed by atoms with E-state index in [1.54, 1.807) is 14.2 Å². The summed E-state index contributed by atoms with van der Waals surface area (Å²) in [6, 6.07) is 14.6. The second-order valence-electron chi connectivity index (χ2n) is 8.12. The summed E-state index contributed by atoms with van der Waals surface area (Å²) in [6.07, 6.45) is 0.884. The molecule has 2 heterocycles. The van der Waals surface area contributed by atoms with Crippen molar-refractivity contribution in [1.29, 1.82) is 0 Å². The molecule has 1 amide bonds. The maximum atomic E-state index is 13.1. The van der Waals surface area contributed by atoms with Crippen LogP contribution in [0.2, 0.25) is 0 Å². The summed E-state index contributed by atoms with van der Waals surface area (Å²) in [4.78, 5) is 19.7. The number of hydrogen-bond acceptors (Lipinski definition) is 5. The first-order chi connectivity index (χ1) is 14.6. The van der Waals surface area contributed by atoms with Gasteiger partial charge in [0.25, 0.3) is 0 Å². The summed E-state index contributed by atoms with van der Waals surface area (Å²) >= 11 is 0. The molecule has 30 heavy (non-hydrogen) atoms. The van der Waals surface area contributed by atoms with E-state index >= 15 is 0 Å². The van der Waals surface area contributed by atoms with Crippen molar-refractivity contribution in [3.63, 3.8) is 0 Å². The van der Waals surface area contributed by atoms with Gasteiger partial charge in [0.1, 0.15) is 0 Å². The molecule has 6 nitrogen and oxygen atoms in total. The first-order valence-electron chi connectivity index (χ1n) is 10.6. The van der Waals surface area contributed by atoms with Crippen LogP contribution in [0, 0.1) is 0 Å². The normalized spacial score (nSPS) is 20.0. The number of ether oxygens (including phenoxy) is 2. The van der Waals surface area contributed by atoms with Crippen molar-refractivity contribution in [2.24, 2.45) is 0 Å². The molecule has 0 saturated carbocycles. The van der Waals surface area contributed by atoms with Crippen LogP contribution in [0.3, 0.4) is 0 Å². The lowest BCUT2D eigenvalue weighted by atomic mass is 9.87. The van der Waals surface area contributed by atoms with E-state index < -0.39 is 0 Å². The third-order valence-corrected chi connectivity index (χ3v) is 6.28. The van der Waals surface area contributed by atoms with E-state index in [9.17, 15) is 4.79 Å². The Hall–Kier alpha value is -2.57. The Labute approximate surface area is 179 Å². The van der Waals surface area contributed by atoms with Crippen LogP contribution >= 0.6 is 0 Å². The van der Waals surface area contributed by atoms with Gasteiger partial charge >= 0.3 is 0 Å². The molecular weight excluding hydrogens is 378 g/mol. The predicted molar refractivity (Wildman–Crippen MR) is 117 cm³/mol. The number of fused-ring (bicyclic) bond motifs is 1. The monoisotopic (exact) mass is 409 g/mol. The number of nitrogens with zero attached hydrogens (tertiary/aromatic N) is 3. The first-order valence-corrected chi connectivity index (χ1v) is 10.6. The Balaban J connectivity index is 1.65. The summed E-state index contributed by atoms with van der Waals surface area (Å²) in [5.74, 6) is 1.70. The highest BCUT2D eigenvalue weighted by Gasteiger charge is 2.32. The summed E-state index contributed by atoms with van der Waals surface area (Å²) in [7, 11) is 5.44. The number of piperazine rings is 1. The van der Waals surface area contributed by atoms with E-state index in [-0.39, 0.29) is 11.9 Å². The Bertz CT molecular complexity index is 879. The van der Waals surface area contributed by atoms with Gasteiger partial charge < -0.3 is 19.3 Å². The second kappa shape index (κ2) is 9.06. The lowest BCUT2D eigenvalue weighted by Crippen LogP contribution is -2.51. The van der Waals surface area contributed by atoms with Gasteiger partial charge in [-0.3, -0.25) is 9.69 Å². The Kier molecular flexibility index (Phi) is 6.25. The summed E-state index contributed by atoms with van der Waals surface area (Å²) < 4.78 is 11.1. The largest absolute Gasteiger partial charge is 0.493 e. The molecule has 1 unspecified atom stereocenters. The molecule has 0 aromatic heterocycles. The van der Waals surface area contributed by atoms with Crippen LogP contribution in [0.25, 0.3) is 0 Å². The molecule has 2 aliphatic heterocycles. The summed E-state index contributed by atoms with van der Waals surface area (Å²) in [6.45, 7) is 4.75. The maximum Gasteiger partial charge on any atom is 0.236 e. The van der Waals surface area contributed by atoms with Crippen molar-refractivity contribution in [2.75, 3.05) is 60.5 Å². The Morgan fingerprint density at radius 1 is 0.967 bits per heavy atom. The number of amides is 1. The Morgan fingerprint density at radius 3 is 2.30 bits per heavy atom. The van der Waals surface area contributed by atoms with Crippen LogP contribution < -0.4 is 9.47 Å². The van der Waals surface area contributed by atoms with Gasteiger partial charge in [-0.05, 0) is 42.3 Å². The van der Waals surface area contributed by atoms with Crippen molar-refractivity contribution < 1.29 is 14.3 Å². The standard InChI is InChI=1S/C24H31N3O3/c1-25-11-13-26(14-12-25)23(28)17-27-10-9-19-15-21(29-2)22(30-3)16-20(19)24(27)18-7-5-4-6-8-18/h4-8,15-16,24H,9-14,17H2,1-3H3. The van der Waals surface area contributed by atoms with E-state index in [1.807, 2.05) is 11.0 Å². The number of methoxy groups -OCH3 is 2. The fraction of sp³-hybridized carbons (Fsp3) is 0.458. The van der Waals surface area contributed by atoms with Crippen LogP contribution in [-0.2, 0) is 11.2 Å². The van der Waals surface area contributed by atoms with Gasteiger partial charge in [0.05, 0.1) is 26.8 Å². The van der Waals surface area contributed by atoms with Gasteiger partial charge in [-0.2, -0.15) is 0 Å². The number of likely N-dealkylation sites (N-methyl/N-ethyl adjacent to an activating group) is 1. The highest BCUT2D eigenvalue weighted by molar-refractivity contribution is 5.78. The summed E-state index contributed by atoms with van der Waals surface area (Å²) in [5, 5.41) is 0. The van der Waals surface area contributed by atoms with Crippen LogP contribution in [0.4, 0.5) is 0 Å². The second-order valence-corrected chi connectivity index (χ2v) is 8.12. The summed E-state index contributed by atoms with van der Waals surface area (Å²) in [5.41, 5.74) is 3.64. The zero-order chi connectivity index (χ0) is 21.1. The number of benzene rings is 2. The van der Waals surface area contributed by atoms with Gasteiger partial charge in [-0.15, -0.1) is 0 Å². The van der Waals surface area contributed by atoms with Crippen molar-refractivity contribution in [2.45, 2.75) is 12.5 Å². The SMILES string of the molecule is COc1cc2c(cc1OC)C(c1ccccc1)N(CC(=O)N1CCN(C)CC1)CC2. The lowest BCUT2D eigenvalue weighted by molar-refractivity contribution is -0.134. The average molecular weight is 410 g/mol. The van der Waals surface area contributed by atoms with Crippen LogP contribution in [0.5, 0.6) is 11.5 Å². The van der Waals surface area contributed by atoms with Gasteiger partial charge in [0.2, 0.25) is 5.91 Å². The highest BCUT2D eigenvalue weighted by Crippen LogP contribution is 2.40. The van der Waals surface area contributed by atoms with E-state index in [4.69, 9.17) is 9.47 Å². The topological polar surface area (TPSA) is 45.3 Å². The molecule has 0 spiro atoms. The molecule has 2 aromatic rings. The Morgan fingerprint density at radius 2 is 1.63 bits per heavy atom. The fourth-order valence-corrected chi connectivity index (χ4v) is 4.52. The molecule has 1 fully saturated rings. The number of carbonyl (C=O) groups excluding carboxylic acids is 1.